The Balaban J connectivity index is 1.67. The number of nitrogens with one attached hydrogen (secondary N) is 2. The van der Waals surface area contributed by atoms with Gasteiger partial charge in [-0.3, -0.25) is 0 Å². The number of anilines is 1. The van der Waals surface area contributed by atoms with Crippen LogP contribution < -0.4 is 10.1 Å². The molecule has 0 atom stereocenters. The molecule has 5 rings (SSSR count). The number of pyridine rings is 1. The summed E-state index contributed by atoms with van der Waals surface area (Å²) in [5, 5.41) is 9.01. The minimum atomic E-state index is 0.488. The third-order valence-electron chi connectivity index (χ3n) is 5.35. The fourth-order valence-corrected chi connectivity index (χ4v) is 3.59. The maximum atomic E-state index is 6.10. The smallest absolute Gasteiger partial charge is 0.228 e. The number of fused-ring (bicyclic) bond motifs is 2. The summed E-state index contributed by atoms with van der Waals surface area (Å²) in [6, 6.07) is 6.37. The number of hydrogen-bond acceptors (Lipinski definition) is 5. The first kappa shape index (κ1) is 16.9. The molecule has 28 heavy (non-hydrogen) atoms. The molecule has 2 radical (unpaired) electrons. The van der Waals surface area contributed by atoms with Crippen molar-refractivity contribution < 1.29 is 0 Å². The molecule has 1 fully saturated rings. The number of nitrogens with zero attached hydrogens (tertiary/aromatic N) is 5. The van der Waals surface area contributed by atoms with Crippen LogP contribution in [0.5, 0.6) is 0 Å². The summed E-state index contributed by atoms with van der Waals surface area (Å²) in [6.45, 7) is 4.22. The van der Waals surface area contributed by atoms with E-state index < -0.39 is 0 Å². The molecule has 1 aliphatic carbocycles. The largest absolute Gasteiger partial charge is 0.413 e. The van der Waals surface area contributed by atoms with Crippen molar-refractivity contribution in [3.8, 4) is 11.3 Å². The SMILES string of the molecule is [B]N(C)c1cc(-c2c[nH]c3ncccc23)nc2c(C(=C)NC3CCC3)cnn12. The highest BCUT2D eigenvalue weighted by Gasteiger charge is 2.21. The van der Waals surface area contributed by atoms with Crippen molar-refractivity contribution in [3.05, 3.63) is 48.9 Å². The lowest BCUT2D eigenvalue weighted by Crippen LogP contribution is -2.33. The molecule has 0 saturated heterocycles. The molecule has 4 aromatic heterocycles. The molecule has 138 valence electrons. The van der Waals surface area contributed by atoms with Gasteiger partial charge in [0, 0.05) is 41.1 Å². The predicted molar refractivity (Wildman–Crippen MR) is 112 cm³/mol. The van der Waals surface area contributed by atoms with Gasteiger partial charge in [-0.15, -0.1) is 0 Å². The van der Waals surface area contributed by atoms with Gasteiger partial charge in [-0.05, 0) is 38.4 Å². The van der Waals surface area contributed by atoms with Crippen LogP contribution in [0.3, 0.4) is 0 Å². The van der Waals surface area contributed by atoms with Crippen LogP contribution in [-0.4, -0.2) is 45.6 Å². The lowest BCUT2D eigenvalue weighted by atomic mass is 9.93. The van der Waals surface area contributed by atoms with E-state index in [1.165, 1.54) is 19.3 Å². The van der Waals surface area contributed by atoms with E-state index in [1.54, 1.807) is 28.8 Å². The third-order valence-corrected chi connectivity index (χ3v) is 5.35. The van der Waals surface area contributed by atoms with E-state index in [1.807, 2.05) is 24.4 Å². The van der Waals surface area contributed by atoms with E-state index in [-0.39, 0.29) is 0 Å². The van der Waals surface area contributed by atoms with Gasteiger partial charge >= 0.3 is 0 Å². The summed E-state index contributed by atoms with van der Waals surface area (Å²) in [4.78, 5) is 14.0. The van der Waals surface area contributed by atoms with Crippen LogP contribution in [0.4, 0.5) is 5.82 Å². The third kappa shape index (κ3) is 2.64. The number of aromatic amines is 1. The molecule has 8 heteroatoms. The van der Waals surface area contributed by atoms with Gasteiger partial charge in [-0.25, -0.2) is 9.97 Å². The fraction of sp³-hybridized carbons (Fsp3) is 0.250. The van der Waals surface area contributed by atoms with Crippen molar-refractivity contribution in [1.29, 1.82) is 0 Å². The fourth-order valence-electron chi connectivity index (χ4n) is 3.59. The lowest BCUT2D eigenvalue weighted by molar-refractivity contribution is 0.378. The van der Waals surface area contributed by atoms with E-state index in [0.29, 0.717) is 6.04 Å². The molecule has 0 spiro atoms. The predicted octanol–water partition coefficient (Wildman–Crippen LogP) is 2.91. The monoisotopic (exact) mass is 369 g/mol. The Morgan fingerprint density at radius 3 is 3.04 bits per heavy atom. The van der Waals surface area contributed by atoms with Crippen molar-refractivity contribution in [3.63, 3.8) is 0 Å². The first-order chi connectivity index (χ1) is 13.6. The van der Waals surface area contributed by atoms with Gasteiger partial charge in [0.25, 0.3) is 0 Å². The zero-order valence-electron chi connectivity index (χ0n) is 15.7. The molecule has 1 aliphatic rings. The summed E-state index contributed by atoms with van der Waals surface area (Å²) >= 11 is 0. The highest BCUT2D eigenvalue weighted by molar-refractivity contribution is 6.17. The van der Waals surface area contributed by atoms with Crippen molar-refractivity contribution in [2.24, 2.45) is 0 Å². The van der Waals surface area contributed by atoms with Gasteiger partial charge in [-0.1, -0.05) is 6.58 Å². The second-order valence-corrected chi connectivity index (χ2v) is 7.26. The van der Waals surface area contributed by atoms with Crippen LogP contribution >= 0.6 is 0 Å². The molecule has 0 bridgehead atoms. The molecule has 4 heterocycles. The van der Waals surface area contributed by atoms with Crippen molar-refractivity contribution in [2.45, 2.75) is 25.3 Å². The number of hydrogen-bond donors (Lipinski definition) is 2. The zero-order valence-corrected chi connectivity index (χ0v) is 15.7. The molecule has 0 amide bonds. The first-order valence-electron chi connectivity index (χ1n) is 9.37. The van der Waals surface area contributed by atoms with E-state index in [0.717, 1.165) is 45.0 Å². The Bertz CT molecular complexity index is 1190. The Labute approximate surface area is 163 Å². The Morgan fingerprint density at radius 2 is 2.29 bits per heavy atom. The average Bonchev–Trinajstić information content (AvgIpc) is 3.27. The van der Waals surface area contributed by atoms with Gasteiger partial charge < -0.3 is 15.1 Å². The van der Waals surface area contributed by atoms with E-state index in [2.05, 4.69) is 27.0 Å². The molecule has 0 unspecified atom stereocenters. The van der Waals surface area contributed by atoms with Gasteiger partial charge in [0.15, 0.2) is 5.65 Å². The summed E-state index contributed by atoms with van der Waals surface area (Å²) in [6.07, 6.45) is 9.10. The van der Waals surface area contributed by atoms with Crippen LogP contribution in [0.1, 0.15) is 24.8 Å². The molecule has 0 aromatic carbocycles. The number of rotatable bonds is 5. The molecule has 1 saturated carbocycles. The standard InChI is InChI=1S/C20H20BN7/c1-12(25-13-5-3-6-13)15-11-24-28-18(27(2)21)9-17(26-20(15)28)16-10-23-19-14(16)7-4-8-22-19/h4,7-11,13,25H,1,3,5-6H2,2H3,(H,22,23). The van der Waals surface area contributed by atoms with Crippen LogP contribution in [0.15, 0.2) is 43.4 Å². The van der Waals surface area contributed by atoms with Gasteiger partial charge in [-0.2, -0.15) is 9.61 Å². The maximum Gasteiger partial charge on any atom is 0.228 e. The molecule has 2 N–H and O–H groups in total. The lowest BCUT2D eigenvalue weighted by Gasteiger charge is -2.28. The average molecular weight is 369 g/mol. The van der Waals surface area contributed by atoms with E-state index >= 15 is 0 Å². The van der Waals surface area contributed by atoms with Crippen LogP contribution in [0.2, 0.25) is 0 Å². The number of aromatic nitrogens is 5. The molecule has 7 nitrogen and oxygen atoms in total. The van der Waals surface area contributed by atoms with E-state index in [4.69, 9.17) is 13.0 Å². The summed E-state index contributed by atoms with van der Waals surface area (Å²) in [7, 11) is 7.89. The van der Waals surface area contributed by atoms with Crippen molar-refractivity contribution >= 4 is 36.2 Å². The highest BCUT2D eigenvalue weighted by atomic mass is 15.3. The minimum absolute atomic E-state index is 0.488. The number of H-pyrrole nitrogens is 1. The minimum Gasteiger partial charge on any atom is -0.413 e. The summed E-state index contributed by atoms with van der Waals surface area (Å²) < 4.78 is 1.75. The zero-order chi connectivity index (χ0) is 19.3. The molecule has 0 aliphatic heterocycles. The van der Waals surface area contributed by atoms with Gasteiger partial charge in [0.2, 0.25) is 7.98 Å². The molecular formula is C20H20BN7. The highest BCUT2D eigenvalue weighted by Crippen LogP contribution is 2.31. The van der Waals surface area contributed by atoms with Crippen molar-refractivity contribution in [1.82, 2.24) is 29.9 Å². The first-order valence-corrected chi connectivity index (χ1v) is 9.37. The van der Waals surface area contributed by atoms with E-state index in [9.17, 15) is 0 Å². The Hall–Kier alpha value is -3.29. The van der Waals surface area contributed by atoms with Crippen molar-refractivity contribution in [2.75, 3.05) is 11.9 Å². The quantitative estimate of drug-likeness (QED) is 0.529. The Morgan fingerprint density at radius 1 is 1.43 bits per heavy atom. The van der Waals surface area contributed by atoms with Crippen LogP contribution in [0.25, 0.3) is 33.6 Å². The maximum absolute atomic E-state index is 6.10. The van der Waals surface area contributed by atoms with Gasteiger partial charge in [0.1, 0.15) is 11.5 Å². The topological polar surface area (TPSA) is 74.1 Å². The van der Waals surface area contributed by atoms with Crippen LogP contribution in [-0.2, 0) is 0 Å². The normalized spacial score (nSPS) is 14.3. The second-order valence-electron chi connectivity index (χ2n) is 7.26. The summed E-state index contributed by atoms with van der Waals surface area (Å²) in [5.74, 6) is 0.737. The van der Waals surface area contributed by atoms with Gasteiger partial charge in [0.05, 0.1) is 17.5 Å². The molecular weight excluding hydrogens is 349 g/mol. The molecule has 4 aromatic rings. The Kier molecular flexibility index (Phi) is 3.85. The summed E-state index contributed by atoms with van der Waals surface area (Å²) in [5.41, 5.74) is 5.05. The van der Waals surface area contributed by atoms with Crippen LogP contribution in [0, 0.1) is 0 Å². The second kappa shape index (κ2) is 6.40.